The zero-order chi connectivity index (χ0) is 10.3. The molecule has 3 rings (SSSR count). The molecular weight excluding hydrogens is 204 g/mol. The zero-order valence-electron chi connectivity index (χ0n) is 8.40. The van der Waals surface area contributed by atoms with Gasteiger partial charge in [0.15, 0.2) is 5.78 Å². The maximum Gasteiger partial charge on any atom is 0.190 e. The first-order chi connectivity index (χ1) is 7.36. The third kappa shape index (κ3) is 1.44. The first kappa shape index (κ1) is 9.22. The highest BCUT2D eigenvalue weighted by atomic mass is 32.2. The molecule has 76 valence electrons. The van der Waals surface area contributed by atoms with E-state index in [1.807, 2.05) is 30.0 Å². The summed E-state index contributed by atoms with van der Waals surface area (Å²) in [5.74, 6) is 0.258. The number of hydrogen-bond acceptors (Lipinski definition) is 2. The number of carbonyl (C=O) groups excluding carboxylic acids is 1. The van der Waals surface area contributed by atoms with Gasteiger partial charge >= 0.3 is 0 Å². The highest BCUT2D eigenvalue weighted by molar-refractivity contribution is 8.04. The molecule has 0 saturated heterocycles. The van der Waals surface area contributed by atoms with Crippen molar-refractivity contribution in [3.05, 3.63) is 46.4 Å². The summed E-state index contributed by atoms with van der Waals surface area (Å²) in [5.41, 5.74) is 1.94. The third-order valence-corrected chi connectivity index (χ3v) is 4.46. The lowest BCUT2D eigenvalue weighted by Crippen LogP contribution is -2.24. The van der Waals surface area contributed by atoms with E-state index in [1.165, 1.54) is 4.91 Å². The molecule has 2 aliphatic carbocycles. The lowest BCUT2D eigenvalue weighted by molar-refractivity contribution is -0.112. The van der Waals surface area contributed by atoms with Crippen molar-refractivity contribution in [3.63, 3.8) is 0 Å². The number of carbonyl (C=O) groups is 1. The van der Waals surface area contributed by atoms with Crippen LogP contribution in [0.3, 0.4) is 0 Å². The van der Waals surface area contributed by atoms with Crippen LogP contribution in [-0.4, -0.2) is 11.0 Å². The Morgan fingerprint density at radius 2 is 2.27 bits per heavy atom. The molecule has 1 heterocycles. The van der Waals surface area contributed by atoms with Gasteiger partial charge < -0.3 is 0 Å². The highest BCUT2D eigenvalue weighted by Gasteiger charge is 2.32. The second-order valence-corrected chi connectivity index (χ2v) is 5.30. The molecule has 1 nitrogen and oxygen atoms in total. The van der Waals surface area contributed by atoms with Gasteiger partial charge in [-0.3, -0.25) is 4.79 Å². The summed E-state index contributed by atoms with van der Waals surface area (Å²) in [6.07, 6.45) is 13.4. The summed E-state index contributed by atoms with van der Waals surface area (Å²) >= 11 is 1.89. The van der Waals surface area contributed by atoms with Gasteiger partial charge in [0.1, 0.15) is 0 Å². The molecule has 0 aromatic heterocycles. The quantitative estimate of drug-likeness (QED) is 0.618. The van der Waals surface area contributed by atoms with Crippen molar-refractivity contribution in [2.75, 3.05) is 0 Å². The van der Waals surface area contributed by atoms with E-state index in [9.17, 15) is 4.79 Å². The van der Waals surface area contributed by atoms with E-state index in [0.29, 0.717) is 5.25 Å². The molecular formula is C13H12OS. The third-order valence-electron chi connectivity index (χ3n) is 3.02. The summed E-state index contributed by atoms with van der Waals surface area (Å²) < 4.78 is 0. The topological polar surface area (TPSA) is 17.1 Å². The molecule has 0 bridgehead atoms. The lowest BCUT2D eigenvalue weighted by Gasteiger charge is -2.29. The summed E-state index contributed by atoms with van der Waals surface area (Å²) in [6, 6.07) is 0. The molecule has 15 heavy (non-hydrogen) atoms. The smallest absolute Gasteiger partial charge is 0.190 e. The lowest BCUT2D eigenvalue weighted by atomic mass is 9.92. The zero-order valence-corrected chi connectivity index (χ0v) is 9.22. The Kier molecular flexibility index (Phi) is 2.17. The van der Waals surface area contributed by atoms with Crippen LogP contribution in [0.2, 0.25) is 0 Å². The summed E-state index contributed by atoms with van der Waals surface area (Å²) in [4.78, 5) is 13.5. The van der Waals surface area contributed by atoms with Crippen LogP contribution >= 0.6 is 11.8 Å². The Morgan fingerprint density at radius 1 is 1.33 bits per heavy atom. The van der Waals surface area contributed by atoms with Crippen LogP contribution < -0.4 is 0 Å². The van der Waals surface area contributed by atoms with E-state index in [0.717, 1.165) is 30.4 Å². The molecule has 1 unspecified atom stereocenters. The fraction of sp³-hybridized carbons (Fsp3) is 0.308. The Bertz CT molecular complexity index is 437. The molecule has 0 fully saturated rings. The Balaban J connectivity index is 2.06. The average Bonchev–Trinajstić information content (AvgIpc) is 2.30. The maximum absolute atomic E-state index is 12.2. The number of allylic oxidation sites excluding steroid dienone is 7. The SMILES string of the molecule is O=C1C2=CC=CCC2SC2=C1C=CCC2. The van der Waals surface area contributed by atoms with Crippen molar-refractivity contribution >= 4 is 17.5 Å². The summed E-state index contributed by atoms with van der Waals surface area (Å²) in [6.45, 7) is 0. The maximum atomic E-state index is 12.2. The number of ketones is 1. The Morgan fingerprint density at radius 3 is 3.20 bits per heavy atom. The fourth-order valence-corrected chi connectivity index (χ4v) is 3.62. The van der Waals surface area contributed by atoms with E-state index < -0.39 is 0 Å². The van der Waals surface area contributed by atoms with Crippen LogP contribution in [-0.2, 0) is 4.79 Å². The normalized spacial score (nSPS) is 28.7. The van der Waals surface area contributed by atoms with Gasteiger partial charge in [-0.15, -0.1) is 11.8 Å². The van der Waals surface area contributed by atoms with E-state index in [-0.39, 0.29) is 5.78 Å². The van der Waals surface area contributed by atoms with Gasteiger partial charge in [-0.25, -0.2) is 0 Å². The molecule has 0 saturated carbocycles. The van der Waals surface area contributed by atoms with Crippen molar-refractivity contribution < 1.29 is 4.79 Å². The summed E-state index contributed by atoms with van der Waals surface area (Å²) in [5, 5.41) is 0.382. The van der Waals surface area contributed by atoms with Gasteiger partial charge in [-0.2, -0.15) is 0 Å². The standard InChI is InChI=1S/C13H12OS/c14-13-9-5-1-3-7-11(9)15-12-8-4-2-6-10(12)13/h1-3,5-6,11H,4,7-8H2. The van der Waals surface area contributed by atoms with Crippen molar-refractivity contribution in [1.29, 1.82) is 0 Å². The van der Waals surface area contributed by atoms with E-state index in [1.54, 1.807) is 0 Å². The van der Waals surface area contributed by atoms with Gasteiger partial charge in [0.05, 0.1) is 0 Å². The van der Waals surface area contributed by atoms with Crippen LogP contribution in [0.4, 0.5) is 0 Å². The van der Waals surface area contributed by atoms with Gasteiger partial charge in [0.2, 0.25) is 0 Å². The van der Waals surface area contributed by atoms with Crippen LogP contribution in [0.15, 0.2) is 46.4 Å². The van der Waals surface area contributed by atoms with Crippen molar-refractivity contribution in [1.82, 2.24) is 0 Å². The molecule has 1 aliphatic heterocycles. The molecule has 3 aliphatic rings. The monoisotopic (exact) mass is 216 g/mol. The summed E-state index contributed by atoms with van der Waals surface area (Å²) in [7, 11) is 0. The van der Waals surface area contributed by atoms with Crippen LogP contribution in [0.1, 0.15) is 19.3 Å². The Hall–Kier alpha value is -1.02. The minimum atomic E-state index is 0.258. The molecule has 0 aromatic rings. The predicted molar refractivity (Wildman–Crippen MR) is 63.6 cm³/mol. The first-order valence-corrected chi connectivity index (χ1v) is 6.22. The molecule has 0 aromatic carbocycles. The number of hydrogen-bond donors (Lipinski definition) is 0. The Labute approximate surface area is 93.6 Å². The number of Topliss-reactive ketones (excluding diaryl/α,β-unsaturated/α-hetero) is 1. The van der Waals surface area contributed by atoms with Crippen molar-refractivity contribution in [2.45, 2.75) is 24.5 Å². The highest BCUT2D eigenvalue weighted by Crippen LogP contribution is 2.43. The predicted octanol–water partition coefficient (Wildman–Crippen LogP) is 3.16. The molecule has 0 spiro atoms. The van der Waals surface area contributed by atoms with E-state index in [2.05, 4.69) is 12.2 Å². The van der Waals surface area contributed by atoms with Crippen molar-refractivity contribution in [3.8, 4) is 0 Å². The van der Waals surface area contributed by atoms with Crippen LogP contribution in [0.5, 0.6) is 0 Å². The van der Waals surface area contributed by atoms with Gasteiger partial charge in [-0.05, 0) is 24.2 Å². The van der Waals surface area contributed by atoms with Gasteiger partial charge in [0.25, 0.3) is 0 Å². The second-order valence-electron chi connectivity index (χ2n) is 4.00. The second kappa shape index (κ2) is 3.53. The molecule has 0 amide bonds. The minimum Gasteiger partial charge on any atom is -0.289 e. The molecule has 0 radical (unpaired) electrons. The van der Waals surface area contributed by atoms with Crippen LogP contribution in [0.25, 0.3) is 0 Å². The fourth-order valence-electron chi connectivity index (χ4n) is 2.24. The average molecular weight is 216 g/mol. The number of fused-ring (bicyclic) bond motifs is 1. The van der Waals surface area contributed by atoms with Crippen LogP contribution in [0, 0.1) is 0 Å². The largest absolute Gasteiger partial charge is 0.289 e. The first-order valence-electron chi connectivity index (χ1n) is 5.34. The van der Waals surface area contributed by atoms with Gasteiger partial charge in [0, 0.05) is 16.4 Å². The number of thioether (sulfide) groups is 1. The minimum absolute atomic E-state index is 0.258. The molecule has 0 N–H and O–H groups in total. The molecule has 2 heteroatoms. The van der Waals surface area contributed by atoms with Crippen molar-refractivity contribution in [2.24, 2.45) is 0 Å². The number of rotatable bonds is 0. The molecule has 1 atom stereocenters. The van der Waals surface area contributed by atoms with E-state index >= 15 is 0 Å². The van der Waals surface area contributed by atoms with Gasteiger partial charge in [-0.1, -0.05) is 30.4 Å². The van der Waals surface area contributed by atoms with E-state index in [4.69, 9.17) is 0 Å².